The molecule has 4 aromatic rings. The van der Waals surface area contributed by atoms with Crippen LogP contribution in [0.4, 0.5) is 14.6 Å². The Morgan fingerprint density at radius 2 is 1.94 bits per heavy atom. The summed E-state index contributed by atoms with van der Waals surface area (Å²) < 4.78 is 35.3. The average molecular weight is 440 g/mol. The first-order valence-electron chi connectivity index (χ1n) is 10.2. The molecule has 0 bridgehead atoms. The summed E-state index contributed by atoms with van der Waals surface area (Å²) in [6.45, 7) is 2.74. The van der Waals surface area contributed by atoms with Crippen LogP contribution in [0.1, 0.15) is 18.9 Å². The summed E-state index contributed by atoms with van der Waals surface area (Å²) in [5.74, 6) is -0.636. The molecule has 0 unspecified atom stereocenters. The molecule has 4 rings (SSSR count). The van der Waals surface area contributed by atoms with Gasteiger partial charge in [0.2, 0.25) is 0 Å². The Hall–Kier alpha value is -3.66. The van der Waals surface area contributed by atoms with Gasteiger partial charge in [-0.1, -0.05) is 30.3 Å². The van der Waals surface area contributed by atoms with E-state index in [0.29, 0.717) is 29.2 Å². The molecule has 8 nitrogen and oxygen atoms in total. The number of benzene rings is 1. The number of hydrogen-bond donors (Lipinski definition) is 1. The second-order valence-electron chi connectivity index (χ2n) is 7.12. The fourth-order valence-corrected chi connectivity index (χ4v) is 3.40. The van der Waals surface area contributed by atoms with Crippen LogP contribution in [0.25, 0.3) is 22.9 Å². The lowest BCUT2D eigenvalue weighted by Crippen LogP contribution is -2.29. The average Bonchev–Trinajstić information content (AvgIpc) is 3.46. The monoisotopic (exact) mass is 440 g/mol. The summed E-state index contributed by atoms with van der Waals surface area (Å²) in [5.41, 5.74) is 1.91. The Kier molecular flexibility index (Phi) is 6.50. The maximum atomic E-state index is 14.5. The Morgan fingerprint density at radius 3 is 2.66 bits per heavy atom. The van der Waals surface area contributed by atoms with Crippen molar-refractivity contribution in [2.75, 3.05) is 24.6 Å². The zero-order chi connectivity index (χ0) is 22.5. The van der Waals surface area contributed by atoms with E-state index in [1.54, 1.807) is 39.9 Å². The summed E-state index contributed by atoms with van der Waals surface area (Å²) in [5, 5.41) is 17.8. The lowest BCUT2D eigenvalue weighted by molar-refractivity contribution is 0.301. The second-order valence-corrected chi connectivity index (χ2v) is 7.12. The van der Waals surface area contributed by atoms with Crippen LogP contribution in [0.15, 0.2) is 53.4 Å². The molecule has 0 fully saturated rings. The third-order valence-electron chi connectivity index (χ3n) is 4.88. The van der Waals surface area contributed by atoms with Crippen molar-refractivity contribution in [2.24, 2.45) is 0 Å². The molecule has 3 aromatic heterocycles. The van der Waals surface area contributed by atoms with Crippen molar-refractivity contribution >= 4 is 5.82 Å². The molecule has 0 aliphatic carbocycles. The first-order valence-corrected chi connectivity index (χ1v) is 10.2. The maximum absolute atomic E-state index is 14.5. The number of nitrogens with zero attached hydrogens (tertiary/aromatic N) is 6. The zero-order valence-corrected chi connectivity index (χ0v) is 17.4. The lowest BCUT2D eigenvalue weighted by Gasteiger charge is -2.22. The first kappa shape index (κ1) is 21.6. The van der Waals surface area contributed by atoms with Gasteiger partial charge in [-0.25, -0.2) is 18.7 Å². The highest BCUT2D eigenvalue weighted by Gasteiger charge is 2.20. The molecule has 32 heavy (non-hydrogen) atoms. The van der Waals surface area contributed by atoms with Crippen molar-refractivity contribution in [3.8, 4) is 22.9 Å². The minimum absolute atomic E-state index is 0.0949. The van der Waals surface area contributed by atoms with E-state index >= 15 is 0 Å². The Morgan fingerprint density at radius 1 is 1.09 bits per heavy atom. The smallest absolute Gasteiger partial charge is 0.183 e. The van der Waals surface area contributed by atoms with Crippen LogP contribution in [-0.2, 0) is 6.54 Å². The van der Waals surface area contributed by atoms with E-state index in [2.05, 4.69) is 20.2 Å². The number of aliphatic hydroxyl groups excluding tert-OH is 1. The van der Waals surface area contributed by atoms with Gasteiger partial charge in [-0.05, 0) is 18.6 Å². The van der Waals surface area contributed by atoms with Crippen LogP contribution in [-0.4, -0.2) is 49.7 Å². The predicted octanol–water partition coefficient (Wildman–Crippen LogP) is 3.53. The summed E-state index contributed by atoms with van der Waals surface area (Å²) >= 11 is 0. The van der Waals surface area contributed by atoms with E-state index in [4.69, 9.17) is 4.52 Å². The Bertz CT molecular complexity index is 1170. The van der Waals surface area contributed by atoms with Crippen molar-refractivity contribution < 1.29 is 18.4 Å². The second kappa shape index (κ2) is 9.65. The Balaban J connectivity index is 1.76. The quantitative estimate of drug-likeness (QED) is 0.426. The highest BCUT2D eigenvalue weighted by Crippen LogP contribution is 2.26. The normalized spacial score (nSPS) is 11.1. The van der Waals surface area contributed by atoms with Crippen molar-refractivity contribution in [3.63, 3.8) is 0 Å². The van der Waals surface area contributed by atoms with Gasteiger partial charge in [0.05, 0.1) is 25.0 Å². The fraction of sp³-hybridized carbons (Fsp3) is 0.273. The molecule has 0 saturated heterocycles. The van der Waals surface area contributed by atoms with Gasteiger partial charge in [0.1, 0.15) is 23.5 Å². The van der Waals surface area contributed by atoms with E-state index in [9.17, 15) is 13.9 Å². The minimum Gasteiger partial charge on any atom is -0.395 e. The van der Waals surface area contributed by atoms with Crippen LogP contribution in [0.2, 0.25) is 0 Å². The van der Waals surface area contributed by atoms with Crippen molar-refractivity contribution in [1.29, 1.82) is 0 Å². The van der Waals surface area contributed by atoms with Crippen molar-refractivity contribution in [1.82, 2.24) is 24.9 Å². The molecule has 0 aliphatic heterocycles. The van der Waals surface area contributed by atoms with Crippen LogP contribution < -0.4 is 4.90 Å². The van der Waals surface area contributed by atoms with Crippen LogP contribution in [0.5, 0.6) is 0 Å². The fourth-order valence-electron chi connectivity index (χ4n) is 3.40. The topological polar surface area (TPSA) is 93.1 Å². The van der Waals surface area contributed by atoms with Crippen LogP contribution in [0.3, 0.4) is 0 Å². The molecular weight excluding hydrogens is 418 g/mol. The van der Waals surface area contributed by atoms with Crippen LogP contribution in [0, 0.1) is 11.6 Å². The molecule has 0 atom stereocenters. The predicted molar refractivity (Wildman–Crippen MR) is 114 cm³/mol. The molecule has 0 spiro atoms. The van der Waals surface area contributed by atoms with Crippen LogP contribution >= 0.6 is 0 Å². The van der Waals surface area contributed by atoms with E-state index in [-0.39, 0.29) is 37.2 Å². The molecule has 166 valence electrons. The van der Waals surface area contributed by atoms with Gasteiger partial charge in [-0.3, -0.25) is 4.68 Å². The van der Waals surface area contributed by atoms with Crippen molar-refractivity contribution in [3.05, 3.63) is 66.1 Å². The largest absolute Gasteiger partial charge is 0.395 e. The maximum Gasteiger partial charge on any atom is 0.183 e. The number of halogens is 2. The number of aliphatic hydroxyl groups is 1. The molecule has 10 heteroatoms. The molecule has 0 saturated carbocycles. The third kappa shape index (κ3) is 4.50. The molecule has 1 N–H and O–H groups in total. The van der Waals surface area contributed by atoms with Gasteiger partial charge in [-0.15, -0.1) is 0 Å². The van der Waals surface area contributed by atoms with Gasteiger partial charge in [0, 0.05) is 24.7 Å². The SMILES string of the molecule is CCCN(CCO)c1nc(-c2cc(-c3ccon3)n(Cc3ccccc3F)n2)ncc1F. The van der Waals surface area contributed by atoms with E-state index in [0.717, 1.165) is 12.6 Å². The van der Waals surface area contributed by atoms with Gasteiger partial charge < -0.3 is 14.5 Å². The summed E-state index contributed by atoms with van der Waals surface area (Å²) in [6.07, 6.45) is 3.27. The highest BCUT2D eigenvalue weighted by molar-refractivity contribution is 5.63. The molecule has 0 aliphatic rings. The molecule has 0 radical (unpaired) electrons. The zero-order valence-electron chi connectivity index (χ0n) is 17.4. The molecule has 1 aromatic carbocycles. The standard InChI is InChI=1S/C22H22F2N6O2/c1-2-8-29(9-10-31)22-17(24)13-25-21(26-22)19-12-20(18-7-11-32-28-18)30(27-19)14-15-5-3-4-6-16(15)23/h3-7,11-13,31H,2,8-10,14H2,1H3. The van der Waals surface area contributed by atoms with Gasteiger partial charge >= 0.3 is 0 Å². The minimum atomic E-state index is -0.585. The number of hydrogen-bond acceptors (Lipinski definition) is 7. The summed E-state index contributed by atoms with van der Waals surface area (Å²) in [7, 11) is 0. The molecular formula is C22H22F2N6O2. The first-order chi connectivity index (χ1) is 15.6. The van der Waals surface area contributed by atoms with Crippen molar-refractivity contribution in [2.45, 2.75) is 19.9 Å². The Labute approximate surface area is 183 Å². The number of aromatic nitrogens is 5. The van der Waals surface area contributed by atoms with E-state index in [1.807, 2.05) is 6.92 Å². The highest BCUT2D eigenvalue weighted by atomic mass is 19.1. The third-order valence-corrected chi connectivity index (χ3v) is 4.88. The number of anilines is 1. The molecule has 3 heterocycles. The van der Waals surface area contributed by atoms with Gasteiger partial charge in [-0.2, -0.15) is 5.10 Å². The lowest BCUT2D eigenvalue weighted by atomic mass is 10.2. The van der Waals surface area contributed by atoms with Gasteiger partial charge in [0.15, 0.2) is 17.5 Å². The van der Waals surface area contributed by atoms with E-state index in [1.165, 1.54) is 12.3 Å². The summed E-state index contributed by atoms with van der Waals surface area (Å²) in [4.78, 5) is 10.1. The number of rotatable bonds is 9. The van der Waals surface area contributed by atoms with E-state index < -0.39 is 5.82 Å². The molecule has 0 amide bonds. The summed E-state index contributed by atoms with van der Waals surface area (Å²) in [6, 6.07) is 9.79. The van der Waals surface area contributed by atoms with Gasteiger partial charge in [0.25, 0.3) is 0 Å².